The van der Waals surface area contributed by atoms with Crippen molar-refractivity contribution in [1.82, 2.24) is 9.13 Å². The first-order valence-electron chi connectivity index (χ1n) is 15.3. The minimum atomic E-state index is 1.06. The molecule has 0 N–H and O–H groups in total. The molecule has 45 heavy (non-hydrogen) atoms. The molecule has 8 aromatic carbocycles. The predicted molar refractivity (Wildman–Crippen MR) is 195 cm³/mol. The Morgan fingerprint density at radius 3 is 1.53 bits per heavy atom. The fraction of sp³-hybridized carbons (Fsp3) is 0. The molecule has 0 unspecified atom stereocenters. The highest BCUT2D eigenvalue weighted by molar-refractivity contribution is 9.10. The summed E-state index contributed by atoms with van der Waals surface area (Å²) in [5, 5.41) is 12.5. The number of aromatic nitrogens is 2. The molecular weight excluding hydrogens is 612 g/mol. The molecule has 3 heteroatoms. The predicted octanol–water partition coefficient (Wildman–Crippen LogP) is 12.1. The molecule has 2 aromatic heterocycles. The van der Waals surface area contributed by atoms with Gasteiger partial charge in [-0.25, -0.2) is 0 Å². The maximum absolute atomic E-state index is 4.19. The molecule has 0 aliphatic carbocycles. The molecular formula is C42H25BrN2. The van der Waals surface area contributed by atoms with Crippen molar-refractivity contribution in [3.8, 4) is 11.4 Å². The van der Waals surface area contributed by atoms with Gasteiger partial charge in [0.25, 0.3) is 0 Å². The van der Waals surface area contributed by atoms with Crippen molar-refractivity contribution in [2.24, 2.45) is 0 Å². The fourth-order valence-corrected chi connectivity index (χ4v) is 8.10. The van der Waals surface area contributed by atoms with E-state index in [0.29, 0.717) is 0 Å². The van der Waals surface area contributed by atoms with Crippen LogP contribution in [-0.2, 0) is 0 Å². The third kappa shape index (κ3) is 3.50. The summed E-state index contributed by atoms with van der Waals surface area (Å²) >= 11 is 4.19. The second kappa shape index (κ2) is 9.31. The zero-order valence-corrected chi connectivity index (χ0v) is 25.8. The molecule has 0 aliphatic rings. The van der Waals surface area contributed by atoms with Crippen LogP contribution in [0.3, 0.4) is 0 Å². The van der Waals surface area contributed by atoms with Crippen LogP contribution in [0.5, 0.6) is 0 Å². The molecule has 2 heterocycles. The topological polar surface area (TPSA) is 9.86 Å². The Kier molecular flexibility index (Phi) is 5.17. The van der Waals surface area contributed by atoms with Gasteiger partial charge in [-0.2, -0.15) is 0 Å². The number of halogens is 1. The second-order valence-electron chi connectivity index (χ2n) is 11.9. The monoisotopic (exact) mass is 636 g/mol. The average Bonchev–Trinajstić information content (AvgIpc) is 3.58. The number of hydrogen-bond donors (Lipinski definition) is 0. The zero-order chi connectivity index (χ0) is 29.6. The summed E-state index contributed by atoms with van der Waals surface area (Å²) in [7, 11) is 0. The van der Waals surface area contributed by atoms with Gasteiger partial charge in [-0.15, -0.1) is 0 Å². The van der Waals surface area contributed by atoms with Crippen molar-refractivity contribution in [1.29, 1.82) is 0 Å². The van der Waals surface area contributed by atoms with Gasteiger partial charge in [0.05, 0.1) is 37.9 Å². The molecule has 0 bridgehead atoms. The lowest BCUT2D eigenvalue weighted by Gasteiger charge is -2.17. The van der Waals surface area contributed by atoms with Crippen LogP contribution in [0, 0.1) is 0 Å². The van der Waals surface area contributed by atoms with Crippen LogP contribution in [-0.4, -0.2) is 9.13 Å². The zero-order valence-electron chi connectivity index (χ0n) is 24.2. The van der Waals surface area contributed by atoms with Crippen molar-refractivity contribution in [2.75, 3.05) is 0 Å². The van der Waals surface area contributed by atoms with Gasteiger partial charge in [0.1, 0.15) is 0 Å². The van der Waals surface area contributed by atoms with Crippen LogP contribution < -0.4 is 0 Å². The summed E-state index contributed by atoms with van der Waals surface area (Å²) in [6, 6.07) is 55.4. The molecule has 0 aliphatic heterocycles. The highest BCUT2D eigenvalue weighted by atomic mass is 79.9. The van der Waals surface area contributed by atoms with Gasteiger partial charge in [0.15, 0.2) is 0 Å². The van der Waals surface area contributed by atoms with E-state index in [4.69, 9.17) is 0 Å². The van der Waals surface area contributed by atoms with Crippen molar-refractivity contribution < 1.29 is 0 Å². The van der Waals surface area contributed by atoms with Crippen LogP contribution in [0.15, 0.2) is 156 Å². The van der Waals surface area contributed by atoms with Gasteiger partial charge in [-0.05, 0) is 85.3 Å². The fourth-order valence-electron chi connectivity index (χ4n) is 7.48. The first kappa shape index (κ1) is 25.0. The van der Waals surface area contributed by atoms with Gasteiger partial charge < -0.3 is 9.13 Å². The quantitative estimate of drug-likeness (QED) is 0.179. The van der Waals surface area contributed by atoms with E-state index in [0.717, 1.165) is 15.8 Å². The lowest BCUT2D eigenvalue weighted by Crippen LogP contribution is -2.01. The van der Waals surface area contributed by atoms with Crippen LogP contribution in [0.1, 0.15) is 0 Å². The second-order valence-corrected chi connectivity index (χ2v) is 12.7. The van der Waals surface area contributed by atoms with Crippen molar-refractivity contribution in [3.63, 3.8) is 0 Å². The van der Waals surface area contributed by atoms with Crippen LogP contribution >= 0.6 is 15.9 Å². The van der Waals surface area contributed by atoms with Gasteiger partial charge in [-0.3, -0.25) is 0 Å². The van der Waals surface area contributed by atoms with Crippen LogP contribution in [0.25, 0.3) is 87.3 Å². The first-order chi connectivity index (χ1) is 22.2. The molecule has 10 rings (SSSR count). The number of para-hydroxylation sites is 1. The summed E-state index contributed by atoms with van der Waals surface area (Å²) in [4.78, 5) is 0. The van der Waals surface area contributed by atoms with E-state index in [-0.39, 0.29) is 0 Å². The Hall–Kier alpha value is -5.38. The molecule has 0 radical (unpaired) electrons. The maximum Gasteiger partial charge on any atom is 0.0656 e. The molecule has 0 amide bonds. The van der Waals surface area contributed by atoms with Gasteiger partial charge in [-0.1, -0.05) is 109 Å². The van der Waals surface area contributed by atoms with E-state index in [1.165, 1.54) is 75.9 Å². The third-order valence-corrected chi connectivity index (χ3v) is 10.3. The van der Waals surface area contributed by atoms with E-state index >= 15 is 0 Å². The lowest BCUT2D eigenvalue weighted by atomic mass is 10.0. The Bertz CT molecular complexity index is 2830. The third-order valence-electron chi connectivity index (χ3n) is 9.50. The Labute approximate surface area is 267 Å². The summed E-state index contributed by atoms with van der Waals surface area (Å²) < 4.78 is 5.95. The molecule has 0 saturated carbocycles. The first-order valence-corrected chi connectivity index (χ1v) is 16.1. The molecule has 0 spiro atoms. The van der Waals surface area contributed by atoms with Crippen LogP contribution in [0.4, 0.5) is 0 Å². The van der Waals surface area contributed by atoms with Crippen molar-refractivity contribution in [2.45, 2.75) is 0 Å². The highest BCUT2D eigenvalue weighted by Gasteiger charge is 2.21. The van der Waals surface area contributed by atoms with Crippen LogP contribution in [0.2, 0.25) is 0 Å². The Balaban J connectivity index is 1.35. The molecule has 0 atom stereocenters. The van der Waals surface area contributed by atoms with E-state index in [1.807, 2.05) is 0 Å². The normalized spacial score (nSPS) is 12.1. The lowest BCUT2D eigenvalue weighted by molar-refractivity contribution is 1.12. The summed E-state index contributed by atoms with van der Waals surface area (Å²) in [5.41, 5.74) is 7.05. The Morgan fingerprint density at radius 2 is 0.844 bits per heavy atom. The van der Waals surface area contributed by atoms with Crippen molar-refractivity contribution in [3.05, 3.63) is 156 Å². The summed E-state index contributed by atoms with van der Waals surface area (Å²) in [6.07, 6.45) is 0. The highest BCUT2D eigenvalue weighted by Crippen LogP contribution is 2.43. The SMILES string of the molecule is Brc1c(-n2c3ccccc3c3cc4ccccc4cc32)cccc1-n1c2cc3ccccc3cc2c2ccc3ccccc3c21. The number of hydrogen-bond acceptors (Lipinski definition) is 0. The standard InChI is InChI=1S/C42H25BrN2/c43-41-37(44-36-17-8-7-16-32(36)34-22-27-11-1-3-13-29(27)24-39(34)44)18-9-19-38(41)45-40-25-30-14-4-2-12-28(30)23-35(40)33-21-20-26-10-5-6-15-31(26)42(33)45/h1-25H. The minimum Gasteiger partial charge on any atom is -0.308 e. The number of fused-ring (bicyclic) bond motifs is 10. The largest absolute Gasteiger partial charge is 0.308 e. The van der Waals surface area contributed by atoms with E-state index < -0.39 is 0 Å². The van der Waals surface area contributed by atoms with E-state index in [2.05, 4.69) is 177 Å². The van der Waals surface area contributed by atoms with Gasteiger partial charge >= 0.3 is 0 Å². The van der Waals surface area contributed by atoms with E-state index in [1.54, 1.807) is 0 Å². The molecule has 0 saturated heterocycles. The number of benzene rings is 8. The summed E-state index contributed by atoms with van der Waals surface area (Å²) in [5.74, 6) is 0. The number of rotatable bonds is 2. The van der Waals surface area contributed by atoms with E-state index in [9.17, 15) is 0 Å². The van der Waals surface area contributed by atoms with Gasteiger partial charge in [0, 0.05) is 26.9 Å². The molecule has 10 aromatic rings. The average molecular weight is 638 g/mol. The smallest absolute Gasteiger partial charge is 0.0656 e. The molecule has 2 nitrogen and oxygen atoms in total. The maximum atomic E-state index is 4.19. The molecule has 0 fully saturated rings. The van der Waals surface area contributed by atoms with Gasteiger partial charge in [0.2, 0.25) is 0 Å². The number of nitrogens with zero attached hydrogens (tertiary/aromatic N) is 2. The molecule has 210 valence electrons. The summed E-state index contributed by atoms with van der Waals surface area (Å²) in [6.45, 7) is 0. The van der Waals surface area contributed by atoms with Crippen molar-refractivity contribution >= 4 is 91.9 Å². The Morgan fingerprint density at radius 1 is 0.333 bits per heavy atom. The minimum absolute atomic E-state index is 1.06.